The summed E-state index contributed by atoms with van der Waals surface area (Å²) in [6.45, 7) is 1.82. The Hall–Kier alpha value is -5.03. The van der Waals surface area contributed by atoms with Crippen LogP contribution in [0.3, 0.4) is 0 Å². The highest BCUT2D eigenvalue weighted by molar-refractivity contribution is 7.16. The molecule has 0 unspecified atom stereocenters. The Labute approximate surface area is 226 Å². The normalized spacial score (nSPS) is 12.1. The number of amides is 1. The molecule has 0 saturated carbocycles. The van der Waals surface area contributed by atoms with Gasteiger partial charge in [-0.2, -0.15) is 0 Å². The minimum Gasteiger partial charge on any atom is -0.473 e. The van der Waals surface area contributed by atoms with Gasteiger partial charge in [-0.05, 0) is 36.6 Å². The van der Waals surface area contributed by atoms with Crippen molar-refractivity contribution in [2.45, 2.75) is 13.0 Å². The van der Waals surface area contributed by atoms with Crippen LogP contribution in [0.15, 0.2) is 84.0 Å². The summed E-state index contributed by atoms with van der Waals surface area (Å²) < 4.78 is 8.36. The number of pyridine rings is 1. The van der Waals surface area contributed by atoms with E-state index in [4.69, 9.17) is 10.5 Å². The van der Waals surface area contributed by atoms with Gasteiger partial charge in [-0.15, -0.1) is 5.10 Å². The molecular formula is C28H23N7O3S. The highest BCUT2D eigenvalue weighted by atomic mass is 32.1. The molecule has 4 heterocycles. The lowest BCUT2D eigenvalue weighted by Gasteiger charge is -2.21. The van der Waals surface area contributed by atoms with E-state index in [0.717, 1.165) is 15.8 Å². The number of carbonyl (C=O) groups excluding carboxylic acids is 1. The van der Waals surface area contributed by atoms with Crippen molar-refractivity contribution in [3.05, 3.63) is 101 Å². The Morgan fingerprint density at radius 3 is 2.69 bits per heavy atom. The molecule has 6 aromatic rings. The average Bonchev–Trinajstić information content (AvgIpc) is 3.56. The fourth-order valence-electron chi connectivity index (χ4n) is 4.69. The number of rotatable bonds is 6. The van der Waals surface area contributed by atoms with E-state index in [0.29, 0.717) is 27.6 Å². The zero-order valence-electron chi connectivity index (χ0n) is 21.0. The number of hydrogen-bond acceptors (Lipinski definition) is 8. The van der Waals surface area contributed by atoms with Crippen LogP contribution < -0.4 is 21.3 Å². The number of aromatic nitrogens is 5. The number of benzene rings is 2. The number of nitrogens with zero attached hydrogens (tertiary/aromatic N) is 5. The summed E-state index contributed by atoms with van der Waals surface area (Å²) in [5.41, 5.74) is 8.43. The van der Waals surface area contributed by atoms with E-state index in [1.807, 2.05) is 61.5 Å². The number of carbonyl (C=O) groups is 1. The van der Waals surface area contributed by atoms with E-state index in [1.54, 1.807) is 36.3 Å². The number of nitrogens with one attached hydrogen (secondary N) is 1. The van der Waals surface area contributed by atoms with Gasteiger partial charge < -0.3 is 15.8 Å². The number of methoxy groups -OCH3 is 1. The molecule has 0 bridgehead atoms. The number of hydrogen-bond donors (Lipinski definition) is 2. The first kappa shape index (κ1) is 24.3. The molecule has 11 heteroatoms. The predicted molar refractivity (Wildman–Crippen MR) is 150 cm³/mol. The van der Waals surface area contributed by atoms with Crippen molar-refractivity contribution in [1.82, 2.24) is 29.5 Å². The Morgan fingerprint density at radius 2 is 1.92 bits per heavy atom. The monoisotopic (exact) mass is 537 g/mol. The van der Waals surface area contributed by atoms with Crippen molar-refractivity contribution in [1.29, 1.82) is 0 Å². The van der Waals surface area contributed by atoms with Crippen LogP contribution in [0.25, 0.3) is 32.5 Å². The third-order valence-corrected chi connectivity index (χ3v) is 7.45. The van der Waals surface area contributed by atoms with Crippen molar-refractivity contribution in [2.24, 2.45) is 0 Å². The van der Waals surface area contributed by atoms with Gasteiger partial charge in [-0.3, -0.25) is 14.2 Å². The predicted octanol–water partition coefficient (Wildman–Crippen LogP) is 4.24. The molecule has 194 valence electrons. The molecule has 6 rings (SSSR count). The van der Waals surface area contributed by atoms with Gasteiger partial charge in [0.15, 0.2) is 11.5 Å². The largest absolute Gasteiger partial charge is 0.473 e. The molecule has 0 aliphatic rings. The lowest BCUT2D eigenvalue weighted by molar-refractivity contribution is 0.0941. The fourth-order valence-corrected chi connectivity index (χ4v) is 5.45. The number of ether oxygens (including phenoxy) is 1. The van der Waals surface area contributed by atoms with Gasteiger partial charge in [-0.1, -0.05) is 47.7 Å². The first-order chi connectivity index (χ1) is 19.0. The standard InChI is InChI=1S/C28H23N7O3S/c1-16(32-26(36)23-24(29)33-34-13-7-12-30-25(23)34)20-14-17-8-6-11-19(21-15-31-28(38-2)39-21)22(17)27(37)35(20)18-9-4-3-5-10-18/h3-16H,1-2H3,(H2,29,33)(H,32,36)/t16-/m0/s1. The molecule has 0 aliphatic heterocycles. The molecule has 1 amide bonds. The molecule has 3 N–H and O–H groups in total. The molecule has 1 atom stereocenters. The summed E-state index contributed by atoms with van der Waals surface area (Å²) in [6.07, 6.45) is 4.95. The minimum atomic E-state index is -0.569. The Morgan fingerprint density at radius 1 is 1.10 bits per heavy atom. The number of thiazole rings is 1. The highest BCUT2D eigenvalue weighted by Gasteiger charge is 2.24. The maximum atomic E-state index is 14.2. The molecule has 0 fully saturated rings. The Bertz CT molecular complexity index is 1910. The van der Waals surface area contributed by atoms with Crippen molar-refractivity contribution in [3.8, 4) is 21.3 Å². The summed E-state index contributed by atoms with van der Waals surface area (Å²) in [5, 5.41) is 8.98. The van der Waals surface area contributed by atoms with Crippen molar-refractivity contribution in [3.63, 3.8) is 0 Å². The molecule has 0 saturated heterocycles. The SMILES string of the molecule is COc1ncc(-c2cccc3cc([C@H](C)NC(=O)c4c(N)nn5cccnc45)n(-c4ccccc4)c(=O)c23)s1. The Balaban J connectivity index is 1.50. The van der Waals surface area contributed by atoms with E-state index in [9.17, 15) is 9.59 Å². The zero-order chi connectivity index (χ0) is 27.1. The summed E-state index contributed by atoms with van der Waals surface area (Å²) in [6, 6.07) is 18.1. The third kappa shape index (κ3) is 4.18. The van der Waals surface area contributed by atoms with E-state index in [2.05, 4.69) is 20.4 Å². The van der Waals surface area contributed by atoms with Gasteiger partial charge in [0.1, 0.15) is 5.56 Å². The van der Waals surface area contributed by atoms with Crippen LogP contribution in [0.5, 0.6) is 5.19 Å². The zero-order valence-corrected chi connectivity index (χ0v) is 21.8. The van der Waals surface area contributed by atoms with E-state index < -0.39 is 11.9 Å². The summed E-state index contributed by atoms with van der Waals surface area (Å²) in [4.78, 5) is 37.0. The van der Waals surface area contributed by atoms with E-state index >= 15 is 0 Å². The van der Waals surface area contributed by atoms with Gasteiger partial charge in [0.05, 0.1) is 23.4 Å². The lowest BCUT2D eigenvalue weighted by atomic mass is 10.0. The second-order valence-corrected chi connectivity index (χ2v) is 9.85. The van der Waals surface area contributed by atoms with Crippen LogP contribution in [0.1, 0.15) is 29.0 Å². The third-order valence-electron chi connectivity index (χ3n) is 6.45. The van der Waals surface area contributed by atoms with Gasteiger partial charge >= 0.3 is 0 Å². The molecule has 0 radical (unpaired) electrons. The van der Waals surface area contributed by atoms with Gasteiger partial charge in [0.2, 0.25) is 0 Å². The van der Waals surface area contributed by atoms with Crippen molar-refractivity contribution < 1.29 is 9.53 Å². The number of fused-ring (bicyclic) bond motifs is 2. The quantitative estimate of drug-likeness (QED) is 0.325. The fraction of sp³-hybridized carbons (Fsp3) is 0.107. The summed E-state index contributed by atoms with van der Waals surface area (Å²) in [7, 11) is 1.56. The van der Waals surface area contributed by atoms with Gasteiger partial charge in [0.25, 0.3) is 16.7 Å². The first-order valence-electron chi connectivity index (χ1n) is 12.1. The summed E-state index contributed by atoms with van der Waals surface area (Å²) in [5.74, 6) is -0.367. The molecule has 0 aliphatic carbocycles. The maximum Gasteiger partial charge on any atom is 0.273 e. The number of nitrogens with two attached hydrogens (primary N) is 1. The second-order valence-electron chi connectivity index (χ2n) is 8.85. The van der Waals surface area contributed by atoms with Crippen LogP contribution >= 0.6 is 11.3 Å². The molecule has 0 spiro atoms. The van der Waals surface area contributed by atoms with Crippen LogP contribution in [0.2, 0.25) is 0 Å². The maximum absolute atomic E-state index is 14.2. The topological polar surface area (TPSA) is 129 Å². The van der Waals surface area contributed by atoms with Crippen LogP contribution in [-0.2, 0) is 0 Å². The summed E-state index contributed by atoms with van der Waals surface area (Å²) >= 11 is 1.37. The van der Waals surface area contributed by atoms with E-state index in [-0.39, 0.29) is 16.9 Å². The minimum absolute atomic E-state index is 0.0713. The molecule has 39 heavy (non-hydrogen) atoms. The second kappa shape index (κ2) is 9.69. The van der Waals surface area contributed by atoms with E-state index in [1.165, 1.54) is 15.9 Å². The van der Waals surface area contributed by atoms with Crippen molar-refractivity contribution in [2.75, 3.05) is 12.8 Å². The molecule has 4 aromatic heterocycles. The number of anilines is 1. The molecular weight excluding hydrogens is 514 g/mol. The van der Waals surface area contributed by atoms with Crippen LogP contribution in [-0.4, -0.2) is 37.2 Å². The van der Waals surface area contributed by atoms with Crippen LogP contribution in [0.4, 0.5) is 5.82 Å². The van der Waals surface area contributed by atoms with Crippen molar-refractivity contribution >= 4 is 39.5 Å². The molecule has 10 nitrogen and oxygen atoms in total. The lowest BCUT2D eigenvalue weighted by Crippen LogP contribution is -2.32. The number of para-hydroxylation sites is 1. The van der Waals surface area contributed by atoms with Gasteiger partial charge in [-0.25, -0.2) is 14.5 Å². The smallest absolute Gasteiger partial charge is 0.273 e. The highest BCUT2D eigenvalue weighted by Crippen LogP contribution is 2.35. The van der Waals surface area contributed by atoms with Crippen LogP contribution in [0, 0.1) is 0 Å². The van der Waals surface area contributed by atoms with Gasteiger partial charge in [0, 0.05) is 35.5 Å². The number of nitrogen functional groups attached to an aromatic ring is 1. The molecule has 2 aromatic carbocycles. The average molecular weight is 538 g/mol. The Kier molecular flexibility index (Phi) is 6.04. The first-order valence-corrected chi connectivity index (χ1v) is 12.9.